The van der Waals surface area contributed by atoms with Crippen molar-refractivity contribution in [1.29, 1.82) is 0 Å². The molecule has 0 saturated carbocycles. The van der Waals surface area contributed by atoms with Gasteiger partial charge in [-0.05, 0) is 30.0 Å². The molecule has 2 aromatic rings. The molecule has 0 bridgehead atoms. The first-order chi connectivity index (χ1) is 10.7. The van der Waals surface area contributed by atoms with Crippen molar-refractivity contribution >= 4 is 11.9 Å². The Morgan fingerprint density at radius 3 is 2.32 bits per heavy atom. The minimum Gasteiger partial charge on any atom is -0.481 e. The second-order valence-corrected chi connectivity index (χ2v) is 5.04. The number of hydrogen-bond donors (Lipinski definition) is 2. The van der Waals surface area contributed by atoms with Gasteiger partial charge in [-0.15, -0.1) is 0 Å². The highest BCUT2D eigenvalue weighted by atomic mass is 16.4. The van der Waals surface area contributed by atoms with Crippen molar-refractivity contribution in [3.05, 3.63) is 71.3 Å². The number of rotatable bonds is 7. The highest BCUT2D eigenvalue weighted by Crippen LogP contribution is 2.12. The van der Waals surface area contributed by atoms with Gasteiger partial charge in [0.05, 0.1) is 6.42 Å². The zero-order chi connectivity index (χ0) is 15.8. The summed E-state index contributed by atoms with van der Waals surface area (Å²) >= 11 is 0. The van der Waals surface area contributed by atoms with Gasteiger partial charge in [-0.1, -0.05) is 48.5 Å². The highest BCUT2D eigenvalue weighted by molar-refractivity contribution is 5.95. The quantitative estimate of drug-likeness (QED) is 0.825. The third kappa shape index (κ3) is 4.74. The summed E-state index contributed by atoms with van der Waals surface area (Å²) in [5.74, 6) is -1.14. The van der Waals surface area contributed by atoms with Crippen molar-refractivity contribution in [3.63, 3.8) is 0 Å². The van der Waals surface area contributed by atoms with E-state index in [0.29, 0.717) is 5.56 Å². The van der Waals surface area contributed by atoms with Crippen LogP contribution in [0.3, 0.4) is 0 Å². The Morgan fingerprint density at radius 2 is 1.59 bits per heavy atom. The molecule has 114 valence electrons. The van der Waals surface area contributed by atoms with E-state index in [0.717, 1.165) is 18.4 Å². The van der Waals surface area contributed by atoms with Crippen LogP contribution in [0.4, 0.5) is 0 Å². The van der Waals surface area contributed by atoms with Crippen molar-refractivity contribution in [3.8, 4) is 0 Å². The molecule has 4 heteroatoms. The highest BCUT2D eigenvalue weighted by Gasteiger charge is 2.10. The lowest BCUT2D eigenvalue weighted by atomic mass is 9.99. The summed E-state index contributed by atoms with van der Waals surface area (Å²) < 4.78 is 0. The van der Waals surface area contributed by atoms with Gasteiger partial charge in [-0.2, -0.15) is 0 Å². The Hall–Kier alpha value is -2.62. The Balaban J connectivity index is 2.00. The minimum atomic E-state index is -0.919. The third-order valence-electron chi connectivity index (χ3n) is 3.41. The number of carbonyl (C=O) groups excluding carboxylic acids is 1. The van der Waals surface area contributed by atoms with Crippen molar-refractivity contribution < 1.29 is 14.7 Å². The summed E-state index contributed by atoms with van der Waals surface area (Å²) in [5.41, 5.74) is 2.81. The number of amides is 1. The van der Waals surface area contributed by atoms with E-state index in [4.69, 9.17) is 5.11 Å². The Morgan fingerprint density at radius 1 is 0.909 bits per heavy atom. The number of carboxylic acid groups (broad SMARTS) is 1. The van der Waals surface area contributed by atoms with Gasteiger partial charge in [0.15, 0.2) is 0 Å². The fraction of sp³-hybridized carbons (Fsp3) is 0.222. The molecule has 1 amide bonds. The number of aliphatic carboxylic acids is 1. The van der Waals surface area contributed by atoms with Crippen LogP contribution >= 0.6 is 0 Å². The van der Waals surface area contributed by atoms with E-state index in [1.165, 1.54) is 5.56 Å². The minimum absolute atomic E-state index is 0.0715. The van der Waals surface area contributed by atoms with Crippen molar-refractivity contribution in [2.45, 2.75) is 19.3 Å². The van der Waals surface area contributed by atoms with Gasteiger partial charge in [0.25, 0.3) is 5.91 Å². The lowest BCUT2D eigenvalue weighted by Gasteiger charge is -2.10. The van der Waals surface area contributed by atoms with Crippen molar-refractivity contribution in [1.82, 2.24) is 5.32 Å². The smallest absolute Gasteiger partial charge is 0.305 e. The summed E-state index contributed by atoms with van der Waals surface area (Å²) in [6.45, 7) is 0.140. The van der Waals surface area contributed by atoms with E-state index in [9.17, 15) is 9.59 Å². The van der Waals surface area contributed by atoms with Gasteiger partial charge >= 0.3 is 5.97 Å². The van der Waals surface area contributed by atoms with Gasteiger partial charge in [-0.25, -0.2) is 0 Å². The van der Waals surface area contributed by atoms with Crippen LogP contribution in [0.1, 0.15) is 27.9 Å². The third-order valence-corrected chi connectivity index (χ3v) is 3.41. The molecular weight excluding hydrogens is 278 g/mol. The summed E-state index contributed by atoms with van der Waals surface area (Å²) in [7, 11) is 0. The molecule has 0 fully saturated rings. The van der Waals surface area contributed by atoms with Crippen LogP contribution in [0.2, 0.25) is 0 Å². The molecule has 4 nitrogen and oxygen atoms in total. The molecule has 0 spiro atoms. The Labute approximate surface area is 129 Å². The fourth-order valence-electron chi connectivity index (χ4n) is 2.26. The van der Waals surface area contributed by atoms with Crippen LogP contribution in [0.5, 0.6) is 0 Å². The Bertz CT molecular complexity index is 638. The molecule has 0 radical (unpaired) electrons. The van der Waals surface area contributed by atoms with Crippen LogP contribution < -0.4 is 5.32 Å². The zero-order valence-electron chi connectivity index (χ0n) is 12.3. The van der Waals surface area contributed by atoms with E-state index >= 15 is 0 Å². The van der Waals surface area contributed by atoms with E-state index < -0.39 is 5.97 Å². The first-order valence-corrected chi connectivity index (χ1v) is 7.28. The standard InChI is InChI=1S/C18H19NO3/c20-17(21)12-13-19-18(22)16-9-5-4-8-15(16)11-10-14-6-2-1-3-7-14/h1-9H,10-13H2,(H,19,22)(H,20,21). The first-order valence-electron chi connectivity index (χ1n) is 7.28. The fourth-order valence-corrected chi connectivity index (χ4v) is 2.26. The van der Waals surface area contributed by atoms with Gasteiger partial charge in [0, 0.05) is 12.1 Å². The maximum atomic E-state index is 12.2. The van der Waals surface area contributed by atoms with Crippen LogP contribution in [-0.4, -0.2) is 23.5 Å². The topological polar surface area (TPSA) is 66.4 Å². The molecule has 22 heavy (non-hydrogen) atoms. The second kappa shape index (κ2) is 7.98. The number of aryl methyl sites for hydroxylation is 2. The number of hydrogen-bond acceptors (Lipinski definition) is 2. The number of benzene rings is 2. The molecule has 0 aliphatic carbocycles. The summed E-state index contributed by atoms with van der Waals surface area (Å²) in [5, 5.41) is 11.3. The molecule has 0 unspecified atom stereocenters. The molecule has 0 atom stereocenters. The molecule has 2 N–H and O–H groups in total. The van der Waals surface area contributed by atoms with Gasteiger partial charge in [0.2, 0.25) is 0 Å². The number of carboxylic acids is 1. The molecule has 0 aliphatic rings. The summed E-state index contributed by atoms with van der Waals surface area (Å²) in [4.78, 5) is 22.6. The van der Waals surface area contributed by atoms with Crippen molar-refractivity contribution in [2.75, 3.05) is 6.54 Å². The number of nitrogens with one attached hydrogen (secondary N) is 1. The lowest BCUT2D eigenvalue weighted by Crippen LogP contribution is -2.27. The van der Waals surface area contributed by atoms with E-state index in [-0.39, 0.29) is 18.9 Å². The predicted octanol–water partition coefficient (Wildman–Crippen LogP) is 2.68. The molecule has 2 rings (SSSR count). The van der Waals surface area contributed by atoms with Crippen LogP contribution in [0.15, 0.2) is 54.6 Å². The molecule has 2 aromatic carbocycles. The van der Waals surface area contributed by atoms with Gasteiger partial charge < -0.3 is 10.4 Å². The number of carbonyl (C=O) groups is 2. The lowest BCUT2D eigenvalue weighted by molar-refractivity contribution is -0.136. The van der Waals surface area contributed by atoms with Crippen LogP contribution in [0, 0.1) is 0 Å². The summed E-state index contributed by atoms with van der Waals surface area (Å²) in [6, 6.07) is 17.6. The molecule has 0 aliphatic heterocycles. The average Bonchev–Trinajstić information content (AvgIpc) is 2.54. The molecule has 0 aromatic heterocycles. The van der Waals surface area contributed by atoms with E-state index in [1.807, 2.05) is 36.4 Å². The van der Waals surface area contributed by atoms with E-state index in [2.05, 4.69) is 17.4 Å². The first kappa shape index (κ1) is 15.8. The normalized spacial score (nSPS) is 10.2. The molecule has 0 heterocycles. The monoisotopic (exact) mass is 297 g/mol. The predicted molar refractivity (Wildman–Crippen MR) is 84.9 cm³/mol. The summed E-state index contributed by atoms with van der Waals surface area (Å²) in [6.07, 6.45) is 1.56. The van der Waals surface area contributed by atoms with Gasteiger partial charge in [0.1, 0.15) is 0 Å². The molecular formula is C18H19NO3. The zero-order valence-corrected chi connectivity index (χ0v) is 12.3. The second-order valence-electron chi connectivity index (χ2n) is 5.04. The van der Waals surface area contributed by atoms with Gasteiger partial charge in [-0.3, -0.25) is 9.59 Å². The van der Waals surface area contributed by atoms with Crippen LogP contribution in [-0.2, 0) is 17.6 Å². The van der Waals surface area contributed by atoms with E-state index in [1.54, 1.807) is 6.07 Å². The SMILES string of the molecule is O=C(O)CCNC(=O)c1ccccc1CCc1ccccc1. The maximum absolute atomic E-state index is 12.2. The van der Waals surface area contributed by atoms with Crippen LogP contribution in [0.25, 0.3) is 0 Å². The Kier molecular flexibility index (Phi) is 5.72. The maximum Gasteiger partial charge on any atom is 0.305 e. The largest absolute Gasteiger partial charge is 0.481 e. The molecule has 0 saturated heterocycles. The average molecular weight is 297 g/mol. The van der Waals surface area contributed by atoms with Crippen molar-refractivity contribution in [2.24, 2.45) is 0 Å².